The van der Waals surface area contributed by atoms with Crippen molar-refractivity contribution in [2.75, 3.05) is 26.9 Å². The first-order chi connectivity index (χ1) is 6.63. The quantitative estimate of drug-likeness (QED) is 0.557. The lowest BCUT2D eigenvalue weighted by Gasteiger charge is -2.37. The van der Waals surface area contributed by atoms with E-state index in [2.05, 4.69) is 5.32 Å². The number of rotatable bonds is 6. The van der Waals surface area contributed by atoms with Crippen molar-refractivity contribution in [1.82, 2.24) is 5.32 Å². The third-order valence-electron chi connectivity index (χ3n) is 3.01. The molecule has 0 bridgehead atoms. The lowest BCUT2D eigenvalue weighted by atomic mass is 9.87. The highest BCUT2D eigenvalue weighted by molar-refractivity contribution is 4.88. The zero-order valence-electron chi connectivity index (χ0n) is 8.99. The maximum atomic E-state index is 9.06. The predicted molar refractivity (Wildman–Crippen MR) is 54.1 cm³/mol. The molecule has 1 aliphatic carbocycles. The van der Waals surface area contributed by atoms with Crippen LogP contribution in [0.25, 0.3) is 0 Å². The predicted octanol–water partition coefficient (Wildman–Crippen LogP) is -0.256. The number of ether oxygens (including phenoxy) is 1. The van der Waals surface area contributed by atoms with Crippen molar-refractivity contribution >= 4 is 0 Å². The second-order valence-electron chi connectivity index (χ2n) is 4.53. The molecule has 14 heavy (non-hydrogen) atoms. The molecule has 0 heterocycles. The zero-order chi connectivity index (χ0) is 10.6. The van der Waals surface area contributed by atoms with Crippen LogP contribution >= 0.6 is 0 Å². The summed E-state index contributed by atoms with van der Waals surface area (Å²) in [5.41, 5.74) is -0.405. The molecule has 0 unspecified atom stereocenters. The van der Waals surface area contributed by atoms with Gasteiger partial charge in [0.1, 0.15) is 0 Å². The third-order valence-corrected chi connectivity index (χ3v) is 3.01. The molecule has 0 saturated heterocycles. The van der Waals surface area contributed by atoms with E-state index < -0.39 is 5.41 Å². The lowest BCUT2D eigenvalue weighted by molar-refractivity contribution is 0.00728. The van der Waals surface area contributed by atoms with Gasteiger partial charge in [-0.05, 0) is 12.8 Å². The van der Waals surface area contributed by atoms with Crippen molar-refractivity contribution in [3.05, 3.63) is 0 Å². The Kier molecular flexibility index (Phi) is 4.31. The van der Waals surface area contributed by atoms with Gasteiger partial charge in [0, 0.05) is 25.1 Å². The molecule has 0 aromatic rings. The van der Waals surface area contributed by atoms with E-state index in [-0.39, 0.29) is 13.2 Å². The molecule has 84 valence electrons. The minimum absolute atomic E-state index is 0.0108. The average molecular weight is 203 g/mol. The minimum atomic E-state index is -0.405. The van der Waals surface area contributed by atoms with Crippen LogP contribution in [0.15, 0.2) is 0 Å². The van der Waals surface area contributed by atoms with Crippen LogP contribution < -0.4 is 5.32 Å². The molecule has 4 heteroatoms. The van der Waals surface area contributed by atoms with Crippen LogP contribution in [0.4, 0.5) is 0 Å². The van der Waals surface area contributed by atoms with Gasteiger partial charge in [0.2, 0.25) is 0 Å². The van der Waals surface area contributed by atoms with Crippen molar-refractivity contribution < 1.29 is 14.9 Å². The molecule has 0 radical (unpaired) electrons. The van der Waals surface area contributed by atoms with E-state index in [4.69, 9.17) is 14.9 Å². The highest BCUT2D eigenvalue weighted by Gasteiger charge is 2.31. The summed E-state index contributed by atoms with van der Waals surface area (Å²) >= 11 is 0. The van der Waals surface area contributed by atoms with E-state index in [0.29, 0.717) is 18.7 Å². The number of aliphatic hydroxyl groups excluding tert-OH is 2. The van der Waals surface area contributed by atoms with Crippen LogP contribution in [0.3, 0.4) is 0 Å². The molecular formula is C10H21NO3. The number of nitrogens with one attached hydrogen (secondary N) is 1. The second-order valence-corrected chi connectivity index (χ2v) is 4.53. The van der Waals surface area contributed by atoms with Gasteiger partial charge in [0.05, 0.1) is 19.3 Å². The van der Waals surface area contributed by atoms with Crippen LogP contribution in [0.5, 0.6) is 0 Å². The standard InChI is InChI=1S/C10H21NO3/c1-10(6-12,7-13)5-11-8-3-9(4-8)14-2/h8-9,11-13H,3-7H2,1-2H3. The number of aliphatic hydroxyl groups is 2. The van der Waals surface area contributed by atoms with E-state index >= 15 is 0 Å². The van der Waals surface area contributed by atoms with Crippen LogP contribution in [-0.2, 0) is 4.74 Å². The molecule has 0 aromatic heterocycles. The Balaban J connectivity index is 2.15. The largest absolute Gasteiger partial charge is 0.396 e. The fourth-order valence-corrected chi connectivity index (χ4v) is 1.48. The average Bonchev–Trinajstić information content (AvgIpc) is 2.15. The summed E-state index contributed by atoms with van der Waals surface area (Å²) in [6, 6.07) is 0.484. The van der Waals surface area contributed by atoms with Gasteiger partial charge in [-0.15, -0.1) is 0 Å². The molecule has 0 aromatic carbocycles. The summed E-state index contributed by atoms with van der Waals surface area (Å²) in [6.07, 6.45) is 2.45. The number of hydrogen-bond donors (Lipinski definition) is 3. The van der Waals surface area contributed by atoms with Gasteiger partial charge >= 0.3 is 0 Å². The fourth-order valence-electron chi connectivity index (χ4n) is 1.48. The van der Waals surface area contributed by atoms with Crippen molar-refractivity contribution in [2.45, 2.75) is 31.9 Å². The first kappa shape index (κ1) is 11.9. The van der Waals surface area contributed by atoms with Crippen LogP contribution in [0, 0.1) is 5.41 Å². The Bertz CT molecular complexity index is 165. The van der Waals surface area contributed by atoms with Crippen molar-refractivity contribution in [1.29, 1.82) is 0 Å². The summed E-state index contributed by atoms with van der Waals surface area (Å²) in [5, 5.41) is 21.5. The summed E-state index contributed by atoms with van der Waals surface area (Å²) in [6.45, 7) is 2.54. The lowest BCUT2D eigenvalue weighted by Crippen LogP contribution is -2.49. The highest BCUT2D eigenvalue weighted by Crippen LogP contribution is 2.23. The fraction of sp³-hybridized carbons (Fsp3) is 1.00. The monoisotopic (exact) mass is 203 g/mol. The Morgan fingerprint density at radius 3 is 2.36 bits per heavy atom. The van der Waals surface area contributed by atoms with Gasteiger partial charge in [0.15, 0.2) is 0 Å². The molecule has 3 N–H and O–H groups in total. The van der Waals surface area contributed by atoms with Crippen molar-refractivity contribution in [2.24, 2.45) is 5.41 Å². The first-order valence-electron chi connectivity index (χ1n) is 5.11. The first-order valence-corrected chi connectivity index (χ1v) is 5.11. The summed E-state index contributed by atoms with van der Waals surface area (Å²) in [7, 11) is 1.73. The SMILES string of the molecule is COC1CC(NCC(C)(CO)CO)C1. The summed E-state index contributed by atoms with van der Waals surface area (Å²) in [5.74, 6) is 0. The molecule has 0 amide bonds. The Labute approximate surface area is 85.3 Å². The molecule has 1 rings (SSSR count). The maximum Gasteiger partial charge on any atom is 0.0601 e. The molecule has 1 saturated carbocycles. The van der Waals surface area contributed by atoms with Crippen LogP contribution in [-0.4, -0.2) is 49.2 Å². The Morgan fingerprint density at radius 2 is 1.93 bits per heavy atom. The van der Waals surface area contributed by atoms with E-state index in [0.717, 1.165) is 12.8 Å². The van der Waals surface area contributed by atoms with Crippen LogP contribution in [0.2, 0.25) is 0 Å². The smallest absolute Gasteiger partial charge is 0.0601 e. The van der Waals surface area contributed by atoms with E-state index in [9.17, 15) is 0 Å². The Morgan fingerprint density at radius 1 is 1.36 bits per heavy atom. The summed E-state index contributed by atoms with van der Waals surface area (Å²) in [4.78, 5) is 0. The van der Waals surface area contributed by atoms with Gasteiger partial charge in [-0.25, -0.2) is 0 Å². The number of methoxy groups -OCH3 is 1. The Hall–Kier alpha value is -0.160. The summed E-state index contributed by atoms with van der Waals surface area (Å²) < 4.78 is 5.16. The molecule has 4 nitrogen and oxygen atoms in total. The van der Waals surface area contributed by atoms with Crippen LogP contribution in [0.1, 0.15) is 19.8 Å². The van der Waals surface area contributed by atoms with Crippen molar-refractivity contribution in [3.63, 3.8) is 0 Å². The zero-order valence-corrected chi connectivity index (χ0v) is 8.99. The molecule has 0 spiro atoms. The normalized spacial score (nSPS) is 27.4. The van der Waals surface area contributed by atoms with Gasteiger partial charge in [-0.2, -0.15) is 0 Å². The number of hydrogen-bond acceptors (Lipinski definition) is 4. The van der Waals surface area contributed by atoms with Gasteiger partial charge < -0.3 is 20.3 Å². The van der Waals surface area contributed by atoms with E-state index in [1.165, 1.54) is 0 Å². The molecular weight excluding hydrogens is 182 g/mol. The minimum Gasteiger partial charge on any atom is -0.396 e. The van der Waals surface area contributed by atoms with Crippen molar-refractivity contribution in [3.8, 4) is 0 Å². The topological polar surface area (TPSA) is 61.7 Å². The molecule has 1 aliphatic rings. The van der Waals surface area contributed by atoms with Gasteiger partial charge in [-0.3, -0.25) is 0 Å². The van der Waals surface area contributed by atoms with E-state index in [1.54, 1.807) is 7.11 Å². The molecule has 0 aliphatic heterocycles. The maximum absolute atomic E-state index is 9.06. The van der Waals surface area contributed by atoms with Gasteiger partial charge in [-0.1, -0.05) is 6.92 Å². The molecule has 0 atom stereocenters. The molecule has 1 fully saturated rings. The second kappa shape index (κ2) is 5.07. The van der Waals surface area contributed by atoms with Gasteiger partial charge in [0.25, 0.3) is 0 Å². The van der Waals surface area contributed by atoms with E-state index in [1.807, 2.05) is 6.92 Å². The highest BCUT2D eigenvalue weighted by atomic mass is 16.5. The third kappa shape index (κ3) is 2.92.